The molecule has 1 fully saturated rings. The molecule has 1 unspecified atom stereocenters. The first kappa shape index (κ1) is 42.3. The molecule has 1 saturated carbocycles. The van der Waals surface area contributed by atoms with Crippen LogP contribution in [0.4, 0.5) is 0 Å². The number of aromatic nitrogens is 2. The van der Waals surface area contributed by atoms with Gasteiger partial charge in [0.2, 0.25) is 5.91 Å². The highest BCUT2D eigenvalue weighted by Crippen LogP contribution is 2.30. The van der Waals surface area contributed by atoms with Gasteiger partial charge in [0.15, 0.2) is 11.6 Å². The molecule has 5 rings (SSSR count). The lowest BCUT2D eigenvalue weighted by Gasteiger charge is -2.25. The molecule has 2 N–H and O–H groups in total. The Bertz CT molecular complexity index is 1820. The highest BCUT2D eigenvalue weighted by atomic mass is 16.5. The van der Waals surface area contributed by atoms with Gasteiger partial charge in [-0.3, -0.25) is 14.4 Å². The Balaban J connectivity index is 1.23. The number of aliphatic carboxylic acids is 1. The van der Waals surface area contributed by atoms with Crippen molar-refractivity contribution in [3.8, 4) is 28.3 Å². The van der Waals surface area contributed by atoms with Gasteiger partial charge in [0.1, 0.15) is 5.75 Å². The second kappa shape index (κ2) is 20.9. The predicted molar refractivity (Wildman–Crippen MR) is 224 cm³/mol. The largest absolute Gasteiger partial charge is 0.494 e. The topological polar surface area (TPSA) is 118 Å². The molecular weight excluding hydrogens is 699 g/mol. The molecule has 0 bridgehead atoms. The maximum Gasteiger partial charge on any atom is 0.308 e. The predicted octanol–water partition coefficient (Wildman–Crippen LogP) is 10.7. The minimum atomic E-state index is -0.889. The number of benzene rings is 3. The van der Waals surface area contributed by atoms with E-state index in [4.69, 9.17) is 4.74 Å². The molecule has 0 aliphatic heterocycles. The van der Waals surface area contributed by atoms with Crippen molar-refractivity contribution < 1.29 is 24.2 Å². The number of nitrogens with one attached hydrogen (secondary N) is 1. The average Bonchev–Trinajstić information content (AvgIpc) is 3.21. The van der Waals surface area contributed by atoms with Crippen molar-refractivity contribution in [2.24, 2.45) is 17.8 Å². The number of hydrogen-bond donors (Lipinski definition) is 2. The number of amides is 1. The summed E-state index contributed by atoms with van der Waals surface area (Å²) in [4.78, 5) is 48.9. The van der Waals surface area contributed by atoms with E-state index in [0.717, 1.165) is 72.3 Å². The number of rotatable bonds is 20. The average molecular weight is 760 g/mol. The number of carbonyl (C=O) groups is 3. The van der Waals surface area contributed by atoms with Gasteiger partial charge in [0.25, 0.3) is 0 Å². The fourth-order valence-electron chi connectivity index (χ4n) is 7.56. The standard InChI is InChI=1S/C48H61N3O5/c1-5-6-7-8-12-27-56-43-25-21-36(22-26-43)41-32-49-45(50-33-41)38-17-15-35(16-18-38)28-39(30-44(52)37-19-23-42(24-20-37)48(2,3)4)46(53)51-31-40(47(54)55)29-34-13-10-9-11-14-34/h15-26,32-34,39-40H,5-14,27-31H2,1-4H3,(H,51,53)(H,54,55)/t39-,40?/m1/s1. The van der Waals surface area contributed by atoms with E-state index >= 15 is 0 Å². The summed E-state index contributed by atoms with van der Waals surface area (Å²) in [5, 5.41) is 12.9. The number of ether oxygens (including phenoxy) is 1. The first-order chi connectivity index (χ1) is 27.0. The third-order valence-corrected chi connectivity index (χ3v) is 11.1. The summed E-state index contributed by atoms with van der Waals surface area (Å²) < 4.78 is 5.92. The van der Waals surface area contributed by atoms with Crippen molar-refractivity contribution >= 4 is 17.7 Å². The van der Waals surface area contributed by atoms with Gasteiger partial charge in [-0.2, -0.15) is 0 Å². The number of hydrogen-bond acceptors (Lipinski definition) is 6. The van der Waals surface area contributed by atoms with E-state index < -0.39 is 17.8 Å². The van der Waals surface area contributed by atoms with E-state index in [9.17, 15) is 19.5 Å². The van der Waals surface area contributed by atoms with Crippen molar-refractivity contribution in [1.29, 1.82) is 0 Å². The molecule has 1 aromatic heterocycles. The van der Waals surface area contributed by atoms with Gasteiger partial charge < -0.3 is 15.2 Å². The normalized spacial score (nSPS) is 14.5. The second-order valence-electron chi connectivity index (χ2n) is 16.7. The van der Waals surface area contributed by atoms with E-state index in [-0.39, 0.29) is 30.1 Å². The molecule has 8 heteroatoms. The van der Waals surface area contributed by atoms with Crippen LogP contribution in [0, 0.1) is 17.8 Å². The Labute approximate surface area is 333 Å². The molecule has 1 heterocycles. The van der Waals surface area contributed by atoms with Crippen LogP contribution in [-0.2, 0) is 21.4 Å². The van der Waals surface area contributed by atoms with Crippen LogP contribution < -0.4 is 10.1 Å². The Hall–Kier alpha value is -4.85. The quantitative estimate of drug-likeness (QED) is 0.0680. The number of ketones is 1. The SMILES string of the molecule is CCCCCCCOc1ccc(-c2cnc(-c3ccc(C[C@H](CC(=O)c4ccc(C(C)(C)C)cc4)C(=O)NCC(CC4CCCCC4)C(=O)O)cc3)nc2)cc1. The highest BCUT2D eigenvalue weighted by molar-refractivity contribution is 5.98. The monoisotopic (exact) mass is 759 g/mol. The molecule has 4 aromatic rings. The van der Waals surface area contributed by atoms with Gasteiger partial charge in [0.05, 0.1) is 12.5 Å². The molecule has 0 spiro atoms. The Morgan fingerprint density at radius 2 is 1.43 bits per heavy atom. The fraction of sp³-hybridized carbons (Fsp3) is 0.479. The van der Waals surface area contributed by atoms with Gasteiger partial charge in [0, 0.05) is 48.0 Å². The maximum absolute atomic E-state index is 13.8. The summed E-state index contributed by atoms with van der Waals surface area (Å²) in [7, 11) is 0. The second-order valence-corrected chi connectivity index (χ2v) is 16.7. The van der Waals surface area contributed by atoms with E-state index in [1.807, 2.05) is 85.2 Å². The lowest BCUT2D eigenvalue weighted by molar-refractivity contribution is -0.142. The summed E-state index contributed by atoms with van der Waals surface area (Å²) in [5.74, 6) is -0.814. The van der Waals surface area contributed by atoms with Crippen LogP contribution in [0.3, 0.4) is 0 Å². The van der Waals surface area contributed by atoms with Crippen molar-refractivity contribution in [2.45, 2.75) is 117 Å². The first-order valence-electron chi connectivity index (χ1n) is 20.8. The summed E-state index contributed by atoms with van der Waals surface area (Å²) in [6.07, 6.45) is 16.1. The summed E-state index contributed by atoms with van der Waals surface area (Å²) >= 11 is 0. The zero-order valence-electron chi connectivity index (χ0n) is 33.9. The van der Waals surface area contributed by atoms with E-state index in [2.05, 4.69) is 43.0 Å². The molecular formula is C48H61N3O5. The van der Waals surface area contributed by atoms with Gasteiger partial charge in [-0.05, 0) is 59.4 Å². The Kier molecular flexibility index (Phi) is 15.8. The maximum atomic E-state index is 13.8. The fourth-order valence-corrected chi connectivity index (χ4v) is 7.56. The number of unbranched alkanes of at least 4 members (excludes halogenated alkanes) is 4. The molecule has 1 amide bonds. The van der Waals surface area contributed by atoms with Crippen molar-refractivity contribution in [2.75, 3.05) is 13.2 Å². The van der Waals surface area contributed by atoms with Crippen molar-refractivity contribution in [3.63, 3.8) is 0 Å². The highest BCUT2D eigenvalue weighted by Gasteiger charge is 2.28. The molecule has 3 aromatic carbocycles. The van der Waals surface area contributed by atoms with Crippen LogP contribution in [-0.4, -0.2) is 45.9 Å². The minimum absolute atomic E-state index is 0.0134. The molecule has 1 aliphatic carbocycles. The van der Waals surface area contributed by atoms with Crippen LogP contribution in [0.1, 0.15) is 126 Å². The molecule has 8 nitrogen and oxygen atoms in total. The van der Waals surface area contributed by atoms with Gasteiger partial charge in [-0.25, -0.2) is 9.97 Å². The zero-order chi connectivity index (χ0) is 39.9. The lowest BCUT2D eigenvalue weighted by Crippen LogP contribution is -2.39. The van der Waals surface area contributed by atoms with Gasteiger partial charge >= 0.3 is 5.97 Å². The van der Waals surface area contributed by atoms with Crippen molar-refractivity contribution in [3.05, 3.63) is 102 Å². The van der Waals surface area contributed by atoms with Crippen LogP contribution in [0.2, 0.25) is 0 Å². The molecule has 1 aliphatic rings. The first-order valence-corrected chi connectivity index (χ1v) is 20.8. The van der Waals surface area contributed by atoms with E-state index in [1.54, 1.807) is 0 Å². The van der Waals surface area contributed by atoms with E-state index in [0.29, 0.717) is 30.1 Å². The van der Waals surface area contributed by atoms with Crippen LogP contribution in [0.15, 0.2) is 85.2 Å². The number of carboxylic acid groups (broad SMARTS) is 1. The number of carboxylic acids is 1. The number of Topliss-reactive ketones (excluding diaryl/α,β-unsaturated/α-hetero) is 1. The smallest absolute Gasteiger partial charge is 0.308 e. The summed E-state index contributed by atoms with van der Waals surface area (Å²) in [6, 6.07) is 23.4. The molecule has 56 heavy (non-hydrogen) atoms. The van der Waals surface area contributed by atoms with E-state index in [1.165, 1.54) is 32.1 Å². The van der Waals surface area contributed by atoms with Crippen LogP contribution >= 0.6 is 0 Å². The van der Waals surface area contributed by atoms with Gasteiger partial charge in [-0.15, -0.1) is 0 Å². The van der Waals surface area contributed by atoms with Crippen LogP contribution in [0.5, 0.6) is 5.75 Å². The van der Waals surface area contributed by atoms with Gasteiger partial charge in [-0.1, -0.05) is 146 Å². The molecule has 298 valence electrons. The van der Waals surface area contributed by atoms with Crippen LogP contribution in [0.25, 0.3) is 22.5 Å². The zero-order valence-corrected chi connectivity index (χ0v) is 33.9. The summed E-state index contributed by atoms with van der Waals surface area (Å²) in [5.41, 5.74) is 5.29. The summed E-state index contributed by atoms with van der Waals surface area (Å²) in [6.45, 7) is 9.38. The minimum Gasteiger partial charge on any atom is -0.494 e. The molecule has 0 radical (unpaired) electrons. The number of nitrogens with zero attached hydrogens (tertiary/aromatic N) is 2. The molecule has 2 atom stereocenters. The lowest BCUT2D eigenvalue weighted by atomic mass is 9.82. The molecule has 0 saturated heterocycles. The number of carbonyl (C=O) groups excluding carboxylic acids is 2. The third-order valence-electron chi connectivity index (χ3n) is 11.1. The third kappa shape index (κ3) is 12.9. The Morgan fingerprint density at radius 3 is 2.05 bits per heavy atom. The van der Waals surface area contributed by atoms with Crippen molar-refractivity contribution in [1.82, 2.24) is 15.3 Å². The Morgan fingerprint density at radius 1 is 0.786 bits per heavy atom.